The highest BCUT2D eigenvalue weighted by molar-refractivity contribution is 5.46. The smallest absolute Gasteiger partial charge is 0.118 e. The van der Waals surface area contributed by atoms with E-state index in [1.165, 1.54) is 12.8 Å². The highest BCUT2D eigenvalue weighted by Gasteiger charge is 2.13. The molecule has 1 N–H and O–H groups in total. The van der Waals surface area contributed by atoms with Gasteiger partial charge >= 0.3 is 0 Å². The quantitative estimate of drug-likeness (QED) is 0.568. The molecule has 1 unspecified atom stereocenters. The Morgan fingerprint density at radius 3 is 2.38 bits per heavy atom. The molecular formula is C22H26O2. The van der Waals surface area contributed by atoms with E-state index in [4.69, 9.17) is 4.74 Å². The summed E-state index contributed by atoms with van der Waals surface area (Å²) in [6.07, 6.45) is 4.51. The lowest BCUT2D eigenvalue weighted by molar-refractivity contribution is 0.414. The van der Waals surface area contributed by atoms with Gasteiger partial charge in [0.05, 0.1) is 13.0 Å². The zero-order chi connectivity index (χ0) is 17.4. The fourth-order valence-electron chi connectivity index (χ4n) is 2.65. The van der Waals surface area contributed by atoms with E-state index in [1.54, 1.807) is 13.2 Å². The van der Waals surface area contributed by atoms with Crippen LogP contribution in [0.25, 0.3) is 0 Å². The predicted molar refractivity (Wildman–Crippen MR) is 99.6 cm³/mol. The first-order valence-corrected chi connectivity index (χ1v) is 8.57. The van der Waals surface area contributed by atoms with Gasteiger partial charge in [0, 0.05) is 6.42 Å². The number of aryl methyl sites for hydroxylation is 1. The van der Waals surface area contributed by atoms with Crippen molar-refractivity contribution in [2.24, 2.45) is 0 Å². The molecule has 0 aromatic heterocycles. The first kappa shape index (κ1) is 17.9. The number of ether oxygens (including phenoxy) is 1. The molecule has 0 aliphatic rings. The van der Waals surface area contributed by atoms with E-state index in [0.717, 1.165) is 35.3 Å². The second-order valence-electron chi connectivity index (χ2n) is 6.03. The number of hydrogen-bond donors (Lipinski definition) is 1. The first-order chi connectivity index (χ1) is 11.7. The summed E-state index contributed by atoms with van der Waals surface area (Å²) in [5.74, 6) is 7.94. The lowest BCUT2D eigenvalue weighted by Crippen LogP contribution is -1.99. The summed E-state index contributed by atoms with van der Waals surface area (Å²) in [6, 6.07) is 13.8. The van der Waals surface area contributed by atoms with Crippen molar-refractivity contribution in [2.75, 3.05) is 7.11 Å². The lowest BCUT2D eigenvalue weighted by Gasteiger charge is -2.14. The summed E-state index contributed by atoms with van der Waals surface area (Å²) in [6.45, 7) is 4.12. The van der Waals surface area contributed by atoms with Crippen LogP contribution in [-0.4, -0.2) is 12.2 Å². The normalized spacial score (nSPS) is 11.5. The van der Waals surface area contributed by atoms with Gasteiger partial charge in [0.25, 0.3) is 0 Å². The van der Waals surface area contributed by atoms with Gasteiger partial charge in [0.15, 0.2) is 0 Å². The molecule has 2 nitrogen and oxygen atoms in total. The molecule has 0 fully saturated rings. The van der Waals surface area contributed by atoms with E-state index < -0.39 is 0 Å². The third kappa shape index (κ3) is 4.80. The molecule has 2 heteroatoms. The molecule has 0 aliphatic heterocycles. The molecule has 24 heavy (non-hydrogen) atoms. The lowest BCUT2D eigenvalue weighted by atomic mass is 9.90. The third-order valence-corrected chi connectivity index (χ3v) is 4.16. The monoisotopic (exact) mass is 322 g/mol. The maximum atomic E-state index is 9.78. The van der Waals surface area contributed by atoms with E-state index in [-0.39, 0.29) is 5.92 Å². The highest BCUT2D eigenvalue weighted by Crippen LogP contribution is 2.29. The largest absolute Gasteiger partial charge is 0.508 e. The van der Waals surface area contributed by atoms with Crippen LogP contribution in [-0.2, 0) is 0 Å². The summed E-state index contributed by atoms with van der Waals surface area (Å²) in [7, 11) is 1.67. The third-order valence-electron chi connectivity index (χ3n) is 4.16. The summed E-state index contributed by atoms with van der Waals surface area (Å²) >= 11 is 0. The van der Waals surface area contributed by atoms with E-state index in [1.807, 2.05) is 31.2 Å². The van der Waals surface area contributed by atoms with Crippen molar-refractivity contribution in [3.05, 3.63) is 59.2 Å². The fraction of sp³-hybridized carbons (Fsp3) is 0.364. The highest BCUT2D eigenvalue weighted by atomic mass is 16.5. The SMILES string of the molecule is CCCCCC#CC(c1ccc(OC)cc1)c1ccc(O)c(C)c1. The van der Waals surface area contributed by atoms with Gasteiger partial charge in [0.2, 0.25) is 0 Å². The summed E-state index contributed by atoms with van der Waals surface area (Å²) < 4.78 is 5.25. The van der Waals surface area contributed by atoms with Gasteiger partial charge in [-0.2, -0.15) is 0 Å². The first-order valence-electron chi connectivity index (χ1n) is 8.57. The molecule has 0 saturated heterocycles. The molecule has 126 valence electrons. The Balaban J connectivity index is 2.30. The van der Waals surface area contributed by atoms with Crippen molar-refractivity contribution in [3.8, 4) is 23.3 Å². The minimum absolute atomic E-state index is 0.0110. The maximum Gasteiger partial charge on any atom is 0.118 e. The van der Waals surface area contributed by atoms with Gasteiger partial charge in [-0.3, -0.25) is 0 Å². The van der Waals surface area contributed by atoms with Crippen LogP contribution in [0.4, 0.5) is 0 Å². The van der Waals surface area contributed by atoms with E-state index in [0.29, 0.717) is 5.75 Å². The number of unbranched alkanes of at least 4 members (excludes halogenated alkanes) is 3. The second kappa shape index (κ2) is 9.03. The van der Waals surface area contributed by atoms with Crippen LogP contribution in [0.1, 0.15) is 55.2 Å². The molecule has 1 atom stereocenters. The molecule has 0 heterocycles. The maximum absolute atomic E-state index is 9.78. The van der Waals surface area contributed by atoms with Gasteiger partial charge < -0.3 is 9.84 Å². The molecule has 2 aromatic carbocycles. The Morgan fingerprint density at radius 1 is 1.04 bits per heavy atom. The van der Waals surface area contributed by atoms with Crippen molar-refractivity contribution in [1.82, 2.24) is 0 Å². The minimum atomic E-state index is 0.0110. The van der Waals surface area contributed by atoms with Crippen molar-refractivity contribution in [2.45, 2.75) is 45.4 Å². The zero-order valence-electron chi connectivity index (χ0n) is 14.8. The number of phenolic OH excluding ortho intramolecular Hbond substituents is 1. The van der Waals surface area contributed by atoms with E-state index in [2.05, 4.69) is 30.9 Å². The van der Waals surface area contributed by atoms with Crippen LogP contribution in [0.15, 0.2) is 42.5 Å². The second-order valence-corrected chi connectivity index (χ2v) is 6.03. The topological polar surface area (TPSA) is 29.5 Å². The van der Waals surface area contributed by atoms with Gasteiger partial charge in [-0.15, -0.1) is 5.92 Å². The average Bonchev–Trinajstić information content (AvgIpc) is 2.61. The van der Waals surface area contributed by atoms with Crippen LogP contribution >= 0.6 is 0 Å². The molecule has 0 bridgehead atoms. The predicted octanol–water partition coefficient (Wildman–Crippen LogP) is 5.42. The number of hydrogen-bond acceptors (Lipinski definition) is 2. The van der Waals surface area contributed by atoms with E-state index in [9.17, 15) is 5.11 Å². The number of aromatic hydroxyl groups is 1. The van der Waals surface area contributed by atoms with Crippen molar-refractivity contribution in [1.29, 1.82) is 0 Å². The number of benzene rings is 2. The Kier molecular flexibility index (Phi) is 6.75. The molecular weight excluding hydrogens is 296 g/mol. The Bertz CT molecular complexity index is 705. The molecule has 2 aromatic rings. The summed E-state index contributed by atoms with van der Waals surface area (Å²) in [5, 5.41) is 9.78. The van der Waals surface area contributed by atoms with Crippen LogP contribution in [0, 0.1) is 18.8 Å². The van der Waals surface area contributed by atoms with Crippen molar-refractivity contribution in [3.63, 3.8) is 0 Å². The number of rotatable bonds is 6. The molecule has 2 rings (SSSR count). The number of phenols is 1. The Labute approximate surface area is 145 Å². The van der Waals surface area contributed by atoms with Gasteiger partial charge in [0.1, 0.15) is 11.5 Å². The Morgan fingerprint density at radius 2 is 1.75 bits per heavy atom. The minimum Gasteiger partial charge on any atom is -0.508 e. The standard InChI is InChI=1S/C22H26O2/c1-4-5-6-7-8-9-21(18-10-13-20(24-3)14-11-18)19-12-15-22(23)17(2)16-19/h10-16,21,23H,4-7H2,1-3H3. The van der Waals surface area contributed by atoms with Crippen molar-refractivity contribution >= 4 is 0 Å². The summed E-state index contributed by atoms with van der Waals surface area (Å²) in [4.78, 5) is 0. The van der Waals surface area contributed by atoms with Crippen LogP contribution < -0.4 is 4.74 Å². The molecule has 0 saturated carbocycles. The summed E-state index contributed by atoms with van der Waals surface area (Å²) in [5.41, 5.74) is 3.13. The fourth-order valence-corrected chi connectivity index (χ4v) is 2.65. The molecule has 0 spiro atoms. The van der Waals surface area contributed by atoms with Crippen LogP contribution in [0.5, 0.6) is 11.5 Å². The van der Waals surface area contributed by atoms with Gasteiger partial charge in [-0.25, -0.2) is 0 Å². The van der Waals surface area contributed by atoms with Gasteiger partial charge in [-0.05, 0) is 48.2 Å². The van der Waals surface area contributed by atoms with Crippen LogP contribution in [0.3, 0.4) is 0 Å². The zero-order valence-corrected chi connectivity index (χ0v) is 14.8. The van der Waals surface area contributed by atoms with Crippen LogP contribution in [0.2, 0.25) is 0 Å². The number of methoxy groups -OCH3 is 1. The van der Waals surface area contributed by atoms with Crippen molar-refractivity contribution < 1.29 is 9.84 Å². The Hall–Kier alpha value is -2.40. The average molecular weight is 322 g/mol. The van der Waals surface area contributed by atoms with Gasteiger partial charge in [-0.1, -0.05) is 50.0 Å². The molecule has 0 radical (unpaired) electrons. The molecule has 0 amide bonds. The molecule has 0 aliphatic carbocycles. The van der Waals surface area contributed by atoms with E-state index >= 15 is 0 Å².